The normalized spacial score (nSPS) is 21.7. The first-order chi connectivity index (χ1) is 16.8. The number of halogens is 2. The van der Waals surface area contributed by atoms with E-state index in [1.165, 1.54) is 17.8 Å². The highest BCUT2D eigenvalue weighted by Gasteiger charge is 2.29. The molecule has 2 aliphatic rings. The molecule has 2 saturated heterocycles. The topological polar surface area (TPSA) is 64.4 Å². The van der Waals surface area contributed by atoms with Crippen molar-refractivity contribution >= 4 is 44.4 Å². The summed E-state index contributed by atoms with van der Waals surface area (Å²) in [6.07, 6.45) is 3.98. The minimum atomic E-state index is -3.59. The maximum atomic E-state index is 14.5. The molecule has 0 saturated carbocycles. The summed E-state index contributed by atoms with van der Waals surface area (Å²) in [5.74, 6) is 0.285. The molecule has 3 aromatic rings. The molecule has 3 heterocycles. The third-order valence-corrected chi connectivity index (χ3v) is 9.92. The van der Waals surface area contributed by atoms with Gasteiger partial charge in [-0.1, -0.05) is 42.4 Å². The fraction of sp³-hybridized carbons (Fsp3) is 0.480. The van der Waals surface area contributed by atoms with Crippen LogP contribution in [0.15, 0.2) is 46.5 Å². The first-order valence-corrected chi connectivity index (χ1v) is 14.8. The van der Waals surface area contributed by atoms with Crippen molar-refractivity contribution in [1.82, 2.24) is 13.9 Å². The quantitative estimate of drug-likeness (QED) is 0.361. The lowest BCUT2D eigenvalue weighted by atomic mass is 10.0. The number of hydrogen-bond acceptors (Lipinski definition) is 5. The zero-order chi connectivity index (χ0) is 24.6. The van der Waals surface area contributed by atoms with Gasteiger partial charge in [0.25, 0.3) is 0 Å². The number of sulfonamides is 1. The molecule has 0 bridgehead atoms. The second-order valence-electron chi connectivity index (χ2n) is 9.40. The molecule has 5 rings (SSSR count). The van der Waals surface area contributed by atoms with E-state index in [0.29, 0.717) is 47.5 Å². The fourth-order valence-corrected chi connectivity index (χ4v) is 7.65. The zero-order valence-electron chi connectivity index (χ0n) is 19.6. The molecular weight excluding hydrogens is 509 g/mol. The van der Waals surface area contributed by atoms with Crippen LogP contribution in [0.1, 0.15) is 38.2 Å². The average Bonchev–Trinajstić information content (AvgIpc) is 3.48. The molecule has 10 heteroatoms. The van der Waals surface area contributed by atoms with Crippen LogP contribution >= 0.6 is 23.4 Å². The Morgan fingerprint density at radius 2 is 2.09 bits per heavy atom. The number of rotatable bonds is 7. The van der Waals surface area contributed by atoms with Gasteiger partial charge in [-0.25, -0.2) is 17.8 Å². The Kier molecular flexibility index (Phi) is 7.42. The molecular formula is C25H29ClFN3O3S2. The molecule has 0 amide bonds. The Hall–Kier alpha value is -1.65. The number of fused-ring (bicyclic) bond motifs is 1. The second-order valence-corrected chi connectivity index (χ2v) is 12.7. The van der Waals surface area contributed by atoms with E-state index in [-0.39, 0.29) is 16.0 Å². The second kappa shape index (κ2) is 10.4. The summed E-state index contributed by atoms with van der Waals surface area (Å²) in [6, 6.07) is 10.2. The van der Waals surface area contributed by atoms with Crippen molar-refractivity contribution in [3.63, 3.8) is 0 Å². The van der Waals surface area contributed by atoms with Gasteiger partial charge in [0.05, 0.1) is 33.6 Å². The smallest absolute Gasteiger partial charge is 0.243 e. The van der Waals surface area contributed by atoms with Crippen LogP contribution in [0.3, 0.4) is 0 Å². The van der Waals surface area contributed by atoms with E-state index in [4.69, 9.17) is 21.3 Å². The molecule has 2 fully saturated rings. The molecule has 6 nitrogen and oxygen atoms in total. The number of ether oxygens (including phenoxy) is 1. The summed E-state index contributed by atoms with van der Waals surface area (Å²) in [5, 5.41) is 0.800. The van der Waals surface area contributed by atoms with Crippen molar-refractivity contribution in [2.45, 2.75) is 61.1 Å². The molecule has 0 radical (unpaired) electrons. The van der Waals surface area contributed by atoms with Gasteiger partial charge in [0.15, 0.2) is 5.16 Å². The van der Waals surface area contributed by atoms with Gasteiger partial charge in [0, 0.05) is 25.4 Å². The molecule has 188 valence electrons. The van der Waals surface area contributed by atoms with E-state index in [2.05, 4.69) is 11.5 Å². The van der Waals surface area contributed by atoms with Crippen LogP contribution < -0.4 is 0 Å². The summed E-state index contributed by atoms with van der Waals surface area (Å²) < 4.78 is 50.7. The molecule has 0 spiro atoms. The SMILES string of the molecule is C[C@H]1CCCN(S(=O)(=O)c2ccc3c(c2)nc(SCc2cccc(Cl)c2F)n3C[C@@H]2CCCO2)C1. The van der Waals surface area contributed by atoms with Gasteiger partial charge in [-0.05, 0) is 61.4 Å². The van der Waals surface area contributed by atoms with Gasteiger partial charge >= 0.3 is 0 Å². The minimum absolute atomic E-state index is 0.0768. The lowest BCUT2D eigenvalue weighted by Gasteiger charge is -2.30. The van der Waals surface area contributed by atoms with Crippen molar-refractivity contribution in [1.29, 1.82) is 0 Å². The van der Waals surface area contributed by atoms with E-state index in [1.807, 2.05) is 6.07 Å². The zero-order valence-corrected chi connectivity index (χ0v) is 22.0. The maximum Gasteiger partial charge on any atom is 0.243 e. The lowest BCUT2D eigenvalue weighted by Crippen LogP contribution is -2.39. The maximum absolute atomic E-state index is 14.5. The molecule has 2 atom stereocenters. The number of hydrogen-bond donors (Lipinski definition) is 0. The Morgan fingerprint density at radius 3 is 2.86 bits per heavy atom. The highest BCUT2D eigenvalue weighted by molar-refractivity contribution is 7.98. The number of benzene rings is 2. The van der Waals surface area contributed by atoms with E-state index < -0.39 is 15.8 Å². The van der Waals surface area contributed by atoms with Gasteiger partial charge < -0.3 is 9.30 Å². The van der Waals surface area contributed by atoms with Crippen molar-refractivity contribution in [3.8, 4) is 0 Å². The lowest BCUT2D eigenvalue weighted by molar-refractivity contribution is 0.0960. The minimum Gasteiger partial charge on any atom is -0.376 e. The number of thioether (sulfide) groups is 1. The predicted molar refractivity (Wildman–Crippen MR) is 137 cm³/mol. The van der Waals surface area contributed by atoms with Gasteiger partial charge in [0.2, 0.25) is 10.0 Å². The van der Waals surface area contributed by atoms with Gasteiger partial charge in [-0.15, -0.1) is 0 Å². The molecule has 1 aromatic heterocycles. The molecule has 2 aromatic carbocycles. The van der Waals surface area contributed by atoms with Crippen molar-refractivity contribution < 1.29 is 17.5 Å². The average molecular weight is 538 g/mol. The Balaban J connectivity index is 1.48. The van der Waals surface area contributed by atoms with Crippen LogP contribution in [-0.2, 0) is 27.1 Å². The van der Waals surface area contributed by atoms with Crippen molar-refractivity contribution in [3.05, 3.63) is 52.8 Å². The predicted octanol–water partition coefficient (Wildman–Crippen LogP) is 5.72. The van der Waals surface area contributed by atoms with Crippen LogP contribution in [0.2, 0.25) is 5.02 Å². The van der Waals surface area contributed by atoms with Gasteiger partial charge in [-0.2, -0.15) is 4.31 Å². The Labute approximate surface area is 214 Å². The summed E-state index contributed by atoms with van der Waals surface area (Å²) >= 11 is 7.37. The summed E-state index contributed by atoms with van der Waals surface area (Å²) in [5.41, 5.74) is 1.96. The molecule has 0 N–H and O–H groups in total. The molecule has 0 unspecified atom stereocenters. The van der Waals surface area contributed by atoms with Gasteiger partial charge in [-0.3, -0.25) is 0 Å². The first kappa shape index (κ1) is 25.0. The fourth-order valence-electron chi connectivity index (χ4n) is 4.84. The Bertz CT molecular complexity index is 1320. The summed E-state index contributed by atoms with van der Waals surface area (Å²) in [7, 11) is -3.59. The van der Waals surface area contributed by atoms with Crippen LogP contribution in [-0.4, -0.2) is 48.1 Å². The monoisotopic (exact) mass is 537 g/mol. The third-order valence-electron chi connectivity index (χ3n) is 6.74. The summed E-state index contributed by atoms with van der Waals surface area (Å²) in [4.78, 5) is 5.05. The van der Waals surface area contributed by atoms with E-state index >= 15 is 0 Å². The van der Waals surface area contributed by atoms with Crippen LogP contribution in [0, 0.1) is 11.7 Å². The van der Waals surface area contributed by atoms with Crippen molar-refractivity contribution in [2.24, 2.45) is 5.92 Å². The third kappa shape index (κ3) is 5.25. The van der Waals surface area contributed by atoms with Crippen LogP contribution in [0.5, 0.6) is 0 Å². The number of imidazole rings is 1. The van der Waals surface area contributed by atoms with Crippen LogP contribution in [0.4, 0.5) is 4.39 Å². The van der Waals surface area contributed by atoms with E-state index in [9.17, 15) is 12.8 Å². The highest BCUT2D eigenvalue weighted by Crippen LogP contribution is 2.32. The van der Waals surface area contributed by atoms with Crippen molar-refractivity contribution in [2.75, 3.05) is 19.7 Å². The summed E-state index contributed by atoms with van der Waals surface area (Å²) in [6.45, 7) is 4.53. The number of nitrogens with zero attached hydrogens (tertiary/aromatic N) is 3. The Morgan fingerprint density at radius 1 is 1.23 bits per heavy atom. The van der Waals surface area contributed by atoms with E-state index in [1.54, 1.807) is 28.6 Å². The highest BCUT2D eigenvalue weighted by atomic mass is 35.5. The molecule has 0 aliphatic carbocycles. The number of aromatic nitrogens is 2. The largest absolute Gasteiger partial charge is 0.376 e. The molecule has 2 aliphatic heterocycles. The molecule has 35 heavy (non-hydrogen) atoms. The van der Waals surface area contributed by atoms with Gasteiger partial charge in [0.1, 0.15) is 5.82 Å². The standard InChI is InChI=1S/C25H29ClFN3O3S2/c1-17-5-3-11-29(14-17)35(31,32)20-9-10-23-22(13-20)28-25(30(23)15-19-7-4-12-33-19)34-16-18-6-2-8-21(26)24(18)27/h2,6,8-10,13,17,19H,3-5,7,11-12,14-16H2,1H3/t17-,19-/m0/s1. The van der Waals surface area contributed by atoms with E-state index in [0.717, 1.165) is 37.8 Å². The van der Waals surface area contributed by atoms with Crippen LogP contribution in [0.25, 0.3) is 11.0 Å². The number of piperidine rings is 1. The first-order valence-electron chi connectivity index (χ1n) is 12.0.